The predicted octanol–water partition coefficient (Wildman–Crippen LogP) is 3.57. The van der Waals surface area contributed by atoms with Crippen molar-refractivity contribution in [3.05, 3.63) is 57.6 Å². The number of carbonyl (C=O) groups excluding carboxylic acids is 1. The molecule has 0 amide bonds. The molecular weight excluding hydrogens is 324 g/mol. The molecule has 7 nitrogen and oxygen atoms in total. The third-order valence-corrected chi connectivity index (χ3v) is 3.90. The molecule has 0 saturated carbocycles. The minimum Gasteiger partial charge on any atom is -0.490 e. The van der Waals surface area contributed by atoms with Crippen molar-refractivity contribution in [2.75, 3.05) is 18.5 Å². The van der Waals surface area contributed by atoms with Gasteiger partial charge in [0.2, 0.25) is 0 Å². The maximum absolute atomic E-state index is 11.4. The Hall–Kier alpha value is -3.09. The molecule has 0 radical (unpaired) electrons. The number of fused-ring (bicyclic) bond motifs is 1. The van der Waals surface area contributed by atoms with E-state index in [1.807, 2.05) is 18.2 Å². The molecule has 0 fully saturated rings. The van der Waals surface area contributed by atoms with Gasteiger partial charge in [-0.05, 0) is 36.8 Å². The van der Waals surface area contributed by atoms with Crippen molar-refractivity contribution in [2.24, 2.45) is 0 Å². The topological polar surface area (TPSA) is 90.7 Å². The van der Waals surface area contributed by atoms with E-state index in [2.05, 4.69) is 5.32 Å². The highest BCUT2D eigenvalue weighted by Gasteiger charge is 2.16. The van der Waals surface area contributed by atoms with Gasteiger partial charge in [-0.15, -0.1) is 0 Å². The monoisotopic (exact) mass is 342 g/mol. The number of hydrogen-bond donors (Lipinski definition) is 1. The maximum Gasteiger partial charge on any atom is 0.293 e. The minimum atomic E-state index is -0.497. The second-order valence-electron chi connectivity index (χ2n) is 5.73. The van der Waals surface area contributed by atoms with E-state index in [1.54, 1.807) is 12.1 Å². The van der Waals surface area contributed by atoms with Crippen molar-refractivity contribution < 1.29 is 19.2 Å². The number of nitrogens with one attached hydrogen (secondary N) is 1. The highest BCUT2D eigenvalue weighted by molar-refractivity contribution is 5.95. The van der Waals surface area contributed by atoms with Gasteiger partial charge in [0.05, 0.1) is 18.1 Å². The molecule has 25 heavy (non-hydrogen) atoms. The quantitative estimate of drug-likeness (QED) is 0.507. The molecule has 2 aromatic rings. The van der Waals surface area contributed by atoms with Gasteiger partial charge in [-0.3, -0.25) is 14.9 Å². The lowest BCUT2D eigenvalue weighted by molar-refractivity contribution is -0.384. The van der Waals surface area contributed by atoms with Crippen LogP contribution >= 0.6 is 0 Å². The molecule has 0 bridgehead atoms. The summed E-state index contributed by atoms with van der Waals surface area (Å²) in [6, 6.07) is 10.0. The number of hydrogen-bond acceptors (Lipinski definition) is 6. The second-order valence-corrected chi connectivity index (χ2v) is 5.73. The van der Waals surface area contributed by atoms with Crippen LogP contribution in [0.25, 0.3) is 0 Å². The van der Waals surface area contributed by atoms with E-state index in [0.29, 0.717) is 42.5 Å². The highest BCUT2D eigenvalue weighted by Crippen LogP contribution is 2.31. The van der Waals surface area contributed by atoms with E-state index >= 15 is 0 Å². The minimum absolute atomic E-state index is 0.123. The van der Waals surface area contributed by atoms with Crippen LogP contribution < -0.4 is 14.8 Å². The number of rotatable bonds is 5. The molecule has 130 valence electrons. The van der Waals surface area contributed by atoms with Crippen LogP contribution in [0.4, 0.5) is 11.4 Å². The Balaban J connectivity index is 1.78. The van der Waals surface area contributed by atoms with Crippen molar-refractivity contribution in [3.8, 4) is 11.5 Å². The van der Waals surface area contributed by atoms with Crippen LogP contribution in [-0.2, 0) is 6.54 Å². The van der Waals surface area contributed by atoms with Gasteiger partial charge in [-0.1, -0.05) is 6.07 Å². The van der Waals surface area contributed by atoms with Crippen LogP contribution in [0.5, 0.6) is 11.5 Å². The smallest absolute Gasteiger partial charge is 0.293 e. The number of nitro groups is 1. The van der Waals surface area contributed by atoms with Crippen molar-refractivity contribution in [1.29, 1.82) is 0 Å². The number of Topliss-reactive ketones (excluding diaryl/α,β-unsaturated/α-hetero) is 1. The Morgan fingerprint density at radius 1 is 1.16 bits per heavy atom. The molecule has 2 aromatic carbocycles. The number of nitro benzene ring substituents is 1. The van der Waals surface area contributed by atoms with E-state index in [0.717, 1.165) is 12.0 Å². The lowest BCUT2D eigenvalue weighted by atomic mass is 10.1. The Bertz CT molecular complexity index is 819. The van der Waals surface area contributed by atoms with Gasteiger partial charge in [0.1, 0.15) is 5.69 Å². The first kappa shape index (κ1) is 16.8. The molecule has 1 N–H and O–H groups in total. The lowest BCUT2D eigenvalue weighted by Gasteiger charge is -2.11. The summed E-state index contributed by atoms with van der Waals surface area (Å²) in [7, 11) is 0. The summed E-state index contributed by atoms with van der Waals surface area (Å²) in [5.74, 6) is 1.17. The standard InChI is InChI=1S/C18H18N2O5/c1-12(21)14-4-5-15(16(10-14)20(22)23)19-11-13-3-6-17-18(9-13)25-8-2-7-24-17/h3-6,9-10,19H,2,7-8,11H2,1H3. The van der Waals surface area contributed by atoms with E-state index in [4.69, 9.17) is 9.47 Å². The number of nitrogens with zero attached hydrogens (tertiary/aromatic N) is 1. The summed E-state index contributed by atoms with van der Waals surface area (Å²) in [6.07, 6.45) is 0.830. The summed E-state index contributed by atoms with van der Waals surface area (Å²) >= 11 is 0. The molecule has 0 spiro atoms. The lowest BCUT2D eigenvalue weighted by Crippen LogP contribution is -2.04. The van der Waals surface area contributed by atoms with Crippen LogP contribution in [0, 0.1) is 10.1 Å². The van der Waals surface area contributed by atoms with E-state index in [9.17, 15) is 14.9 Å². The zero-order valence-electron chi connectivity index (χ0n) is 13.8. The van der Waals surface area contributed by atoms with Crippen LogP contribution in [0.3, 0.4) is 0 Å². The fraction of sp³-hybridized carbons (Fsp3) is 0.278. The molecule has 1 aliphatic heterocycles. The molecule has 7 heteroatoms. The van der Waals surface area contributed by atoms with E-state index < -0.39 is 4.92 Å². The highest BCUT2D eigenvalue weighted by atomic mass is 16.6. The predicted molar refractivity (Wildman–Crippen MR) is 92.5 cm³/mol. The Labute approximate surface area is 144 Å². The van der Waals surface area contributed by atoms with Gasteiger partial charge in [0, 0.05) is 24.6 Å². The molecule has 0 aliphatic carbocycles. The molecule has 1 heterocycles. The van der Waals surface area contributed by atoms with Gasteiger partial charge in [-0.2, -0.15) is 0 Å². The third kappa shape index (κ3) is 3.88. The summed E-state index contributed by atoms with van der Waals surface area (Å²) in [5, 5.41) is 14.3. The zero-order chi connectivity index (χ0) is 17.8. The summed E-state index contributed by atoms with van der Waals surface area (Å²) < 4.78 is 11.2. The molecule has 0 saturated heterocycles. The largest absolute Gasteiger partial charge is 0.490 e. The average molecular weight is 342 g/mol. The van der Waals surface area contributed by atoms with Gasteiger partial charge in [-0.25, -0.2) is 0 Å². The Kier molecular flexibility index (Phi) is 4.83. The molecular formula is C18H18N2O5. The van der Waals surface area contributed by atoms with Crippen LogP contribution in [0.1, 0.15) is 29.3 Å². The SMILES string of the molecule is CC(=O)c1ccc(NCc2ccc3c(c2)OCCCO3)c([N+](=O)[O-])c1. The zero-order valence-corrected chi connectivity index (χ0v) is 13.8. The van der Waals surface area contributed by atoms with E-state index in [1.165, 1.54) is 13.0 Å². The van der Waals surface area contributed by atoms with Crippen molar-refractivity contribution in [2.45, 2.75) is 19.9 Å². The molecule has 0 atom stereocenters. The first-order valence-corrected chi connectivity index (χ1v) is 7.96. The molecule has 1 aliphatic rings. The van der Waals surface area contributed by atoms with Crippen molar-refractivity contribution in [3.63, 3.8) is 0 Å². The summed E-state index contributed by atoms with van der Waals surface area (Å²) in [4.78, 5) is 22.2. The van der Waals surface area contributed by atoms with Crippen LogP contribution in [0.2, 0.25) is 0 Å². The number of carbonyl (C=O) groups is 1. The first-order chi connectivity index (χ1) is 12.0. The van der Waals surface area contributed by atoms with Crippen LogP contribution in [-0.4, -0.2) is 23.9 Å². The van der Waals surface area contributed by atoms with Gasteiger partial charge >= 0.3 is 0 Å². The third-order valence-electron chi connectivity index (χ3n) is 3.90. The summed E-state index contributed by atoms with van der Waals surface area (Å²) in [6.45, 7) is 2.99. The summed E-state index contributed by atoms with van der Waals surface area (Å²) in [5.41, 5.74) is 1.46. The molecule has 0 aromatic heterocycles. The van der Waals surface area contributed by atoms with Crippen molar-refractivity contribution in [1.82, 2.24) is 0 Å². The van der Waals surface area contributed by atoms with Crippen LogP contribution in [0.15, 0.2) is 36.4 Å². The Morgan fingerprint density at radius 2 is 1.92 bits per heavy atom. The molecule has 0 unspecified atom stereocenters. The van der Waals surface area contributed by atoms with Gasteiger partial charge in [0.25, 0.3) is 5.69 Å². The maximum atomic E-state index is 11.4. The fourth-order valence-electron chi connectivity index (χ4n) is 2.57. The van der Waals surface area contributed by atoms with Gasteiger partial charge < -0.3 is 14.8 Å². The van der Waals surface area contributed by atoms with Gasteiger partial charge in [0.15, 0.2) is 17.3 Å². The Morgan fingerprint density at radius 3 is 2.64 bits per heavy atom. The fourth-order valence-corrected chi connectivity index (χ4v) is 2.57. The van der Waals surface area contributed by atoms with Crippen molar-refractivity contribution >= 4 is 17.2 Å². The molecule has 3 rings (SSSR count). The first-order valence-electron chi connectivity index (χ1n) is 7.96. The average Bonchev–Trinajstić information content (AvgIpc) is 2.84. The normalized spacial score (nSPS) is 13.0. The number of ether oxygens (including phenoxy) is 2. The number of anilines is 1. The van der Waals surface area contributed by atoms with E-state index in [-0.39, 0.29) is 11.5 Å². The second kappa shape index (κ2) is 7.21. The number of ketones is 1. The number of benzene rings is 2.